The Labute approximate surface area is 108 Å². The Morgan fingerprint density at radius 2 is 2.11 bits per heavy atom. The Balaban J connectivity index is 1.90. The summed E-state index contributed by atoms with van der Waals surface area (Å²) in [5.41, 5.74) is 7.16. The van der Waals surface area contributed by atoms with Gasteiger partial charge in [0, 0.05) is 31.8 Å². The first-order chi connectivity index (χ1) is 8.57. The summed E-state index contributed by atoms with van der Waals surface area (Å²) in [6, 6.07) is 6.72. The van der Waals surface area contributed by atoms with E-state index < -0.39 is 0 Å². The van der Waals surface area contributed by atoms with E-state index in [0.717, 1.165) is 44.7 Å². The third-order valence-corrected chi connectivity index (χ3v) is 3.41. The van der Waals surface area contributed by atoms with Crippen LogP contribution >= 0.6 is 0 Å². The van der Waals surface area contributed by atoms with Crippen LogP contribution in [-0.2, 0) is 11.3 Å². The van der Waals surface area contributed by atoms with Gasteiger partial charge in [0.25, 0.3) is 0 Å². The zero-order valence-electron chi connectivity index (χ0n) is 10.9. The highest BCUT2D eigenvalue weighted by atomic mass is 19.1. The Hall–Kier alpha value is -0.970. The molecule has 0 atom stereocenters. The van der Waals surface area contributed by atoms with Gasteiger partial charge in [-0.2, -0.15) is 0 Å². The van der Waals surface area contributed by atoms with Gasteiger partial charge in [0.15, 0.2) is 0 Å². The molecular formula is C14H21FN2O. The van der Waals surface area contributed by atoms with Crippen molar-refractivity contribution < 1.29 is 9.13 Å². The number of rotatable bonds is 4. The van der Waals surface area contributed by atoms with E-state index in [2.05, 4.69) is 4.90 Å². The Bertz CT molecular complexity index is 391. The van der Waals surface area contributed by atoms with Gasteiger partial charge in [-0.1, -0.05) is 12.1 Å². The number of likely N-dealkylation sites (N-methyl/N-ethyl adjacent to an activating group) is 1. The molecular weight excluding hydrogens is 231 g/mol. The van der Waals surface area contributed by atoms with Gasteiger partial charge in [-0.05, 0) is 37.6 Å². The highest BCUT2D eigenvalue weighted by Crippen LogP contribution is 2.19. The fraction of sp³-hybridized carbons (Fsp3) is 0.571. The summed E-state index contributed by atoms with van der Waals surface area (Å²) in [4.78, 5) is 2.15. The molecule has 0 aliphatic carbocycles. The van der Waals surface area contributed by atoms with Crippen LogP contribution in [0.5, 0.6) is 0 Å². The summed E-state index contributed by atoms with van der Waals surface area (Å²) in [5, 5.41) is 0. The van der Waals surface area contributed by atoms with Crippen molar-refractivity contribution in [3.63, 3.8) is 0 Å². The molecule has 1 aliphatic heterocycles. The standard InChI is InChI=1S/C14H21FN2O/c1-17(10-12-3-2-4-13(15)9-12)11-14(16)5-7-18-8-6-14/h2-4,9H,5-8,10-11,16H2,1H3. The fourth-order valence-electron chi connectivity index (χ4n) is 2.48. The molecule has 100 valence electrons. The third kappa shape index (κ3) is 3.77. The van der Waals surface area contributed by atoms with Crippen molar-refractivity contribution in [1.29, 1.82) is 0 Å². The van der Waals surface area contributed by atoms with Gasteiger partial charge < -0.3 is 15.4 Å². The van der Waals surface area contributed by atoms with E-state index in [4.69, 9.17) is 10.5 Å². The molecule has 0 aromatic heterocycles. The minimum Gasteiger partial charge on any atom is -0.381 e. The van der Waals surface area contributed by atoms with E-state index in [1.54, 1.807) is 12.1 Å². The molecule has 1 aromatic carbocycles. The second-order valence-electron chi connectivity index (χ2n) is 5.28. The first-order valence-electron chi connectivity index (χ1n) is 6.37. The normalized spacial score (nSPS) is 19.1. The maximum Gasteiger partial charge on any atom is 0.123 e. The van der Waals surface area contributed by atoms with E-state index in [0.29, 0.717) is 0 Å². The summed E-state index contributed by atoms with van der Waals surface area (Å²) in [7, 11) is 2.02. The lowest BCUT2D eigenvalue weighted by molar-refractivity contribution is 0.0402. The summed E-state index contributed by atoms with van der Waals surface area (Å²) in [5.74, 6) is -0.186. The molecule has 0 radical (unpaired) electrons. The predicted octanol–water partition coefficient (Wildman–Crippen LogP) is 1.77. The molecule has 18 heavy (non-hydrogen) atoms. The molecule has 2 N–H and O–H groups in total. The molecule has 1 aliphatic rings. The van der Waals surface area contributed by atoms with Crippen molar-refractivity contribution in [2.45, 2.75) is 24.9 Å². The second kappa shape index (κ2) is 5.78. The number of ether oxygens (including phenoxy) is 1. The van der Waals surface area contributed by atoms with Gasteiger partial charge in [0.05, 0.1) is 0 Å². The van der Waals surface area contributed by atoms with Crippen LogP contribution in [0.4, 0.5) is 4.39 Å². The number of nitrogens with two attached hydrogens (primary N) is 1. The zero-order valence-corrected chi connectivity index (χ0v) is 10.9. The highest BCUT2D eigenvalue weighted by molar-refractivity contribution is 5.16. The van der Waals surface area contributed by atoms with Gasteiger partial charge >= 0.3 is 0 Å². The average Bonchev–Trinajstić information content (AvgIpc) is 2.28. The molecule has 2 rings (SSSR count). The van der Waals surface area contributed by atoms with Gasteiger partial charge in [0.2, 0.25) is 0 Å². The predicted molar refractivity (Wildman–Crippen MR) is 69.7 cm³/mol. The maximum absolute atomic E-state index is 13.1. The fourth-order valence-corrected chi connectivity index (χ4v) is 2.48. The highest BCUT2D eigenvalue weighted by Gasteiger charge is 2.29. The number of hydrogen-bond donors (Lipinski definition) is 1. The van der Waals surface area contributed by atoms with E-state index >= 15 is 0 Å². The van der Waals surface area contributed by atoms with Crippen LogP contribution in [0.25, 0.3) is 0 Å². The topological polar surface area (TPSA) is 38.5 Å². The van der Waals surface area contributed by atoms with Crippen LogP contribution in [0.3, 0.4) is 0 Å². The van der Waals surface area contributed by atoms with Crippen LogP contribution in [0, 0.1) is 5.82 Å². The number of nitrogens with zero attached hydrogens (tertiary/aromatic N) is 1. The molecule has 4 heteroatoms. The van der Waals surface area contributed by atoms with Crippen molar-refractivity contribution in [3.05, 3.63) is 35.6 Å². The summed E-state index contributed by atoms with van der Waals surface area (Å²) < 4.78 is 18.4. The monoisotopic (exact) mass is 252 g/mol. The molecule has 1 saturated heterocycles. The lowest BCUT2D eigenvalue weighted by atomic mass is 9.91. The van der Waals surface area contributed by atoms with Crippen LogP contribution in [0.1, 0.15) is 18.4 Å². The molecule has 0 amide bonds. The summed E-state index contributed by atoms with van der Waals surface area (Å²) >= 11 is 0. The van der Waals surface area contributed by atoms with Gasteiger partial charge in [-0.15, -0.1) is 0 Å². The maximum atomic E-state index is 13.1. The van der Waals surface area contributed by atoms with E-state index in [1.807, 2.05) is 13.1 Å². The van der Waals surface area contributed by atoms with Gasteiger partial charge in [-0.25, -0.2) is 4.39 Å². The van der Waals surface area contributed by atoms with Crippen LogP contribution in [0.15, 0.2) is 24.3 Å². The van der Waals surface area contributed by atoms with Crippen LogP contribution in [-0.4, -0.2) is 37.2 Å². The van der Waals surface area contributed by atoms with Gasteiger partial charge in [-0.3, -0.25) is 0 Å². The SMILES string of the molecule is CN(Cc1cccc(F)c1)CC1(N)CCOCC1. The Kier molecular flexibility index (Phi) is 4.32. The molecule has 0 unspecified atom stereocenters. The first-order valence-corrected chi connectivity index (χ1v) is 6.37. The third-order valence-electron chi connectivity index (χ3n) is 3.41. The first kappa shape index (κ1) is 13.5. The van der Waals surface area contributed by atoms with Crippen molar-refractivity contribution in [3.8, 4) is 0 Å². The Morgan fingerprint density at radius 1 is 1.39 bits per heavy atom. The summed E-state index contributed by atoms with van der Waals surface area (Å²) in [6.45, 7) is 3.01. The molecule has 0 bridgehead atoms. The molecule has 1 fully saturated rings. The quantitative estimate of drug-likeness (QED) is 0.887. The number of benzene rings is 1. The molecule has 0 spiro atoms. The average molecular weight is 252 g/mol. The lowest BCUT2D eigenvalue weighted by Gasteiger charge is -2.36. The van der Waals surface area contributed by atoms with E-state index in [9.17, 15) is 4.39 Å². The number of hydrogen-bond acceptors (Lipinski definition) is 3. The molecule has 0 saturated carbocycles. The minimum atomic E-state index is -0.186. The van der Waals surface area contributed by atoms with E-state index in [-0.39, 0.29) is 11.4 Å². The Morgan fingerprint density at radius 3 is 2.78 bits per heavy atom. The second-order valence-corrected chi connectivity index (χ2v) is 5.28. The van der Waals surface area contributed by atoms with Crippen molar-refractivity contribution in [2.75, 3.05) is 26.8 Å². The summed E-state index contributed by atoms with van der Waals surface area (Å²) in [6.07, 6.45) is 1.78. The van der Waals surface area contributed by atoms with E-state index in [1.165, 1.54) is 6.07 Å². The van der Waals surface area contributed by atoms with Crippen LogP contribution < -0.4 is 5.73 Å². The van der Waals surface area contributed by atoms with Gasteiger partial charge in [0.1, 0.15) is 5.82 Å². The molecule has 1 aromatic rings. The van der Waals surface area contributed by atoms with Crippen molar-refractivity contribution >= 4 is 0 Å². The largest absolute Gasteiger partial charge is 0.381 e. The number of halogens is 1. The molecule has 3 nitrogen and oxygen atoms in total. The lowest BCUT2D eigenvalue weighted by Crippen LogP contribution is -2.52. The minimum absolute atomic E-state index is 0.166. The molecule has 1 heterocycles. The van der Waals surface area contributed by atoms with Crippen molar-refractivity contribution in [2.24, 2.45) is 5.73 Å². The zero-order chi connectivity index (χ0) is 13.0. The van der Waals surface area contributed by atoms with Crippen molar-refractivity contribution in [1.82, 2.24) is 4.90 Å². The smallest absolute Gasteiger partial charge is 0.123 e. The van der Waals surface area contributed by atoms with Crippen LogP contribution in [0.2, 0.25) is 0 Å².